The first-order valence-electron chi connectivity index (χ1n) is 7.86. The number of esters is 1. The van der Waals surface area contributed by atoms with Gasteiger partial charge in [0.25, 0.3) is 0 Å². The minimum Gasteiger partial charge on any atom is -0.468 e. The number of likely N-dealkylation sites (tertiary alicyclic amines) is 1. The van der Waals surface area contributed by atoms with Crippen LogP contribution in [0.1, 0.15) is 40.0 Å². The molecule has 22 heavy (non-hydrogen) atoms. The maximum atomic E-state index is 12.0. The molecular weight excluding hydrogens is 286 g/mol. The molecule has 0 aliphatic carbocycles. The fraction of sp³-hybridized carbons (Fsp3) is 0.867. The number of rotatable bonds is 3. The summed E-state index contributed by atoms with van der Waals surface area (Å²) in [5.41, 5.74) is -0.469. The number of amides is 1. The van der Waals surface area contributed by atoms with Crippen molar-refractivity contribution >= 4 is 12.1 Å². The van der Waals surface area contributed by atoms with Gasteiger partial charge in [0.2, 0.25) is 0 Å². The van der Waals surface area contributed by atoms with Crippen LogP contribution in [0.3, 0.4) is 0 Å². The molecule has 0 spiro atoms. The molecule has 126 valence electrons. The Labute approximate surface area is 131 Å². The van der Waals surface area contributed by atoms with Crippen molar-refractivity contribution in [2.75, 3.05) is 20.2 Å². The Morgan fingerprint density at radius 3 is 2.59 bits per heavy atom. The molecule has 0 aromatic heterocycles. The summed E-state index contributed by atoms with van der Waals surface area (Å²) in [6.07, 6.45) is 2.37. The second-order valence-corrected chi connectivity index (χ2v) is 6.95. The highest BCUT2D eigenvalue weighted by Crippen LogP contribution is 2.18. The van der Waals surface area contributed by atoms with E-state index >= 15 is 0 Å². The second kappa shape index (κ2) is 6.83. The highest BCUT2D eigenvalue weighted by molar-refractivity contribution is 5.76. The molecule has 2 saturated heterocycles. The molecule has 0 aromatic carbocycles. The van der Waals surface area contributed by atoms with Crippen molar-refractivity contribution in [1.29, 1.82) is 0 Å². The van der Waals surface area contributed by atoms with E-state index in [0.29, 0.717) is 13.1 Å². The maximum absolute atomic E-state index is 12.0. The number of nitrogens with one attached hydrogen (secondary N) is 2. The van der Waals surface area contributed by atoms with E-state index in [2.05, 4.69) is 10.6 Å². The van der Waals surface area contributed by atoms with Crippen LogP contribution in [0.15, 0.2) is 0 Å². The van der Waals surface area contributed by atoms with Crippen LogP contribution in [-0.2, 0) is 14.3 Å². The van der Waals surface area contributed by atoms with Crippen molar-refractivity contribution < 1.29 is 19.1 Å². The van der Waals surface area contributed by atoms with Crippen LogP contribution in [0.4, 0.5) is 4.79 Å². The predicted octanol–water partition coefficient (Wildman–Crippen LogP) is 0.837. The zero-order valence-electron chi connectivity index (χ0n) is 13.8. The Hall–Kier alpha value is -1.34. The maximum Gasteiger partial charge on any atom is 0.410 e. The minimum absolute atomic E-state index is 0.0905. The SMILES string of the molecule is COC(=O)C1CCC(NC2CCN(C(=O)OC(C)(C)C)C2)N1. The van der Waals surface area contributed by atoms with Crippen LogP contribution >= 0.6 is 0 Å². The van der Waals surface area contributed by atoms with Crippen LogP contribution in [0.5, 0.6) is 0 Å². The summed E-state index contributed by atoms with van der Waals surface area (Å²) >= 11 is 0. The number of ether oxygens (including phenoxy) is 2. The first kappa shape index (κ1) is 17.0. The molecule has 0 aromatic rings. The summed E-state index contributed by atoms with van der Waals surface area (Å²) in [4.78, 5) is 25.2. The monoisotopic (exact) mass is 313 g/mol. The minimum atomic E-state index is -0.469. The molecule has 7 nitrogen and oxygen atoms in total. The van der Waals surface area contributed by atoms with Gasteiger partial charge in [0.1, 0.15) is 11.6 Å². The first-order valence-corrected chi connectivity index (χ1v) is 7.86. The van der Waals surface area contributed by atoms with E-state index in [4.69, 9.17) is 9.47 Å². The van der Waals surface area contributed by atoms with Gasteiger partial charge in [0, 0.05) is 19.1 Å². The standard InChI is InChI=1S/C15H27N3O4/c1-15(2,3)22-14(20)18-8-7-10(9-18)16-12-6-5-11(17-12)13(19)21-4/h10-12,16-17H,5-9H2,1-4H3. The fourth-order valence-corrected chi connectivity index (χ4v) is 2.88. The number of nitrogens with zero attached hydrogens (tertiary/aromatic N) is 1. The van der Waals surface area contributed by atoms with E-state index in [-0.39, 0.29) is 30.3 Å². The predicted molar refractivity (Wildman–Crippen MR) is 81.3 cm³/mol. The van der Waals surface area contributed by atoms with Gasteiger partial charge in [-0.05, 0) is 40.0 Å². The Kier molecular flexibility index (Phi) is 5.28. The van der Waals surface area contributed by atoms with Crippen molar-refractivity contribution in [3.63, 3.8) is 0 Å². The fourth-order valence-electron chi connectivity index (χ4n) is 2.88. The number of carbonyl (C=O) groups excluding carboxylic acids is 2. The van der Waals surface area contributed by atoms with Crippen molar-refractivity contribution in [2.24, 2.45) is 0 Å². The van der Waals surface area contributed by atoms with Gasteiger partial charge in [-0.1, -0.05) is 0 Å². The van der Waals surface area contributed by atoms with Crippen LogP contribution in [0, 0.1) is 0 Å². The lowest BCUT2D eigenvalue weighted by Gasteiger charge is -2.25. The second-order valence-electron chi connectivity index (χ2n) is 6.95. The number of methoxy groups -OCH3 is 1. The zero-order valence-corrected chi connectivity index (χ0v) is 13.8. The summed E-state index contributed by atoms with van der Waals surface area (Å²) < 4.78 is 10.1. The van der Waals surface area contributed by atoms with E-state index in [1.54, 1.807) is 4.90 Å². The van der Waals surface area contributed by atoms with Gasteiger partial charge >= 0.3 is 12.1 Å². The third-order valence-electron chi connectivity index (χ3n) is 3.91. The molecule has 0 saturated carbocycles. The number of hydrogen-bond donors (Lipinski definition) is 2. The van der Waals surface area contributed by atoms with Crippen molar-refractivity contribution in [1.82, 2.24) is 15.5 Å². The van der Waals surface area contributed by atoms with E-state index in [1.807, 2.05) is 20.8 Å². The molecule has 2 rings (SSSR count). The Bertz CT molecular complexity index is 422. The third-order valence-corrected chi connectivity index (χ3v) is 3.91. The highest BCUT2D eigenvalue weighted by atomic mass is 16.6. The molecule has 2 N–H and O–H groups in total. The number of carbonyl (C=O) groups is 2. The largest absolute Gasteiger partial charge is 0.468 e. The average Bonchev–Trinajstić information content (AvgIpc) is 3.06. The van der Waals surface area contributed by atoms with Crippen LogP contribution in [0.25, 0.3) is 0 Å². The van der Waals surface area contributed by atoms with Crippen molar-refractivity contribution in [3.8, 4) is 0 Å². The molecule has 3 unspecified atom stereocenters. The normalized spacial score (nSPS) is 28.7. The average molecular weight is 313 g/mol. The number of hydrogen-bond acceptors (Lipinski definition) is 6. The molecule has 2 aliphatic rings. The van der Waals surface area contributed by atoms with Crippen LogP contribution < -0.4 is 10.6 Å². The van der Waals surface area contributed by atoms with Crippen molar-refractivity contribution in [3.05, 3.63) is 0 Å². The summed E-state index contributed by atoms with van der Waals surface area (Å²) in [7, 11) is 1.40. The summed E-state index contributed by atoms with van der Waals surface area (Å²) in [5, 5.41) is 6.70. The quantitative estimate of drug-likeness (QED) is 0.752. The van der Waals surface area contributed by atoms with Gasteiger partial charge < -0.3 is 14.4 Å². The van der Waals surface area contributed by atoms with E-state index in [0.717, 1.165) is 19.3 Å². The highest BCUT2D eigenvalue weighted by Gasteiger charge is 2.34. The smallest absolute Gasteiger partial charge is 0.410 e. The molecular formula is C15H27N3O4. The Morgan fingerprint density at radius 2 is 1.95 bits per heavy atom. The first-order chi connectivity index (χ1) is 10.3. The van der Waals surface area contributed by atoms with Gasteiger partial charge in [0.15, 0.2) is 0 Å². The Morgan fingerprint density at radius 1 is 1.23 bits per heavy atom. The van der Waals surface area contributed by atoms with E-state index in [9.17, 15) is 9.59 Å². The summed E-state index contributed by atoms with van der Waals surface area (Å²) in [6, 6.07) is -0.00715. The lowest BCUT2D eigenvalue weighted by molar-refractivity contribution is -0.142. The van der Waals surface area contributed by atoms with Gasteiger partial charge in [-0.25, -0.2) is 4.79 Å². The topological polar surface area (TPSA) is 79.9 Å². The van der Waals surface area contributed by atoms with Gasteiger partial charge in [-0.3, -0.25) is 15.4 Å². The molecule has 1 amide bonds. The third kappa shape index (κ3) is 4.58. The van der Waals surface area contributed by atoms with Crippen molar-refractivity contribution in [2.45, 2.75) is 63.9 Å². The molecule has 2 aliphatic heterocycles. The molecule has 0 radical (unpaired) electrons. The summed E-state index contributed by atoms with van der Waals surface area (Å²) in [6.45, 7) is 6.93. The van der Waals surface area contributed by atoms with E-state index < -0.39 is 5.60 Å². The van der Waals surface area contributed by atoms with Crippen LogP contribution in [0.2, 0.25) is 0 Å². The zero-order chi connectivity index (χ0) is 16.3. The van der Waals surface area contributed by atoms with E-state index in [1.165, 1.54) is 7.11 Å². The van der Waals surface area contributed by atoms with Gasteiger partial charge in [-0.15, -0.1) is 0 Å². The molecule has 0 bridgehead atoms. The lowest BCUT2D eigenvalue weighted by atomic mass is 10.2. The van der Waals surface area contributed by atoms with Gasteiger partial charge in [-0.2, -0.15) is 0 Å². The lowest BCUT2D eigenvalue weighted by Crippen LogP contribution is -2.48. The van der Waals surface area contributed by atoms with Crippen LogP contribution in [-0.4, -0.2) is 61.0 Å². The molecule has 7 heteroatoms. The Balaban J connectivity index is 1.75. The molecule has 2 fully saturated rings. The van der Waals surface area contributed by atoms with Gasteiger partial charge in [0.05, 0.1) is 13.3 Å². The summed E-state index contributed by atoms with van der Waals surface area (Å²) in [5.74, 6) is -0.217. The molecule has 3 atom stereocenters. The molecule has 2 heterocycles.